The molecule has 4 saturated carbocycles. The Labute approximate surface area is 481 Å². The molecule has 5 fully saturated rings. The van der Waals surface area contributed by atoms with Gasteiger partial charge in [-0.3, -0.25) is 0 Å². The van der Waals surface area contributed by atoms with Gasteiger partial charge in [-0.2, -0.15) is 0 Å². The normalized spacial score (nSPS) is 21.3. The maximum absolute atomic E-state index is 15.4. The van der Waals surface area contributed by atoms with Crippen LogP contribution >= 0.6 is 9.19 Å². The van der Waals surface area contributed by atoms with E-state index in [2.05, 4.69) is 80.4 Å². The van der Waals surface area contributed by atoms with Crippen LogP contribution in [0.5, 0.6) is 0 Å². The number of benzene rings is 5. The molecule has 4 bridgehead atoms. The van der Waals surface area contributed by atoms with Crippen LogP contribution in [0.4, 0.5) is 93.5 Å². The average molecular weight is 1330 g/mol. The van der Waals surface area contributed by atoms with E-state index in [1.54, 1.807) is 32.1 Å². The Kier molecular flexibility index (Phi) is 18.6. The number of hydrogen-bond acceptors (Lipinski definition) is 1. The first-order valence-corrected chi connectivity index (χ1v) is 25.7. The standard InChI is InChI=1S/C27H40N.C24BF20.Au.ClH.K/c1-17(2)23-8-7-9-24(18(3)4)25(23)28-16-27(15-26(28,5)6)21-11-19-10-20(13-21)14-22(27)12-19;26-5-1(6(27)14(35)21(42)13(5)34)25(2-7(28)15(36)22(43)16(37)8(2)29,3-9(30)17(38)23(44)18(39)10(3)31)4-11(32)19(40)24(45)20(41)12(4)33;;;/h7-9,16-22H,10-15H2,1-6H3;;;1H;/q2*-1;+1;;+1/p-1. The maximum atomic E-state index is 15.4. The summed E-state index contributed by atoms with van der Waals surface area (Å²) >= 11 is 1.75. The van der Waals surface area contributed by atoms with Crippen molar-refractivity contribution in [2.75, 3.05) is 4.90 Å². The molecule has 0 unspecified atom stereocenters. The predicted octanol–water partition coefficient (Wildman–Crippen LogP) is 11.1. The van der Waals surface area contributed by atoms with Crippen molar-refractivity contribution < 1.29 is 159 Å². The van der Waals surface area contributed by atoms with Crippen LogP contribution in [-0.2, 0) is 20.0 Å². The summed E-state index contributed by atoms with van der Waals surface area (Å²) in [5.74, 6) is -66.3. The van der Waals surface area contributed by atoms with Gasteiger partial charge in [0.15, 0.2) is 69.8 Å². The van der Waals surface area contributed by atoms with Crippen molar-refractivity contribution in [2.45, 2.75) is 97.4 Å². The maximum Gasteiger partial charge on any atom is 1.00 e. The van der Waals surface area contributed by atoms with Crippen molar-refractivity contribution in [3.05, 3.63) is 152 Å². The Hall–Kier alpha value is -2.77. The van der Waals surface area contributed by atoms with Gasteiger partial charge in [-0.15, -0.1) is 27.3 Å². The van der Waals surface area contributed by atoms with E-state index >= 15 is 35.1 Å². The molecule has 0 amide bonds. The van der Waals surface area contributed by atoms with Crippen LogP contribution in [0.3, 0.4) is 0 Å². The molecular formula is C51H40AuBClF20KN-. The van der Waals surface area contributed by atoms with Crippen molar-refractivity contribution in [2.24, 2.45) is 29.1 Å². The van der Waals surface area contributed by atoms with Gasteiger partial charge in [-0.25, -0.2) is 94.4 Å². The van der Waals surface area contributed by atoms with Gasteiger partial charge < -0.3 is 4.90 Å². The molecule has 0 radical (unpaired) electrons. The number of para-hydroxylation sites is 1. The predicted molar refractivity (Wildman–Crippen MR) is 235 cm³/mol. The molecule has 5 aliphatic rings. The number of halogens is 21. The van der Waals surface area contributed by atoms with Crippen molar-refractivity contribution >= 4 is 42.9 Å². The fraction of sp³-hybridized carbons (Fsp3) is 0.392. The summed E-state index contributed by atoms with van der Waals surface area (Å²) in [5, 5.41) is 0. The van der Waals surface area contributed by atoms with E-state index in [4.69, 9.17) is 0 Å². The molecule has 1 spiro atoms. The number of nitrogens with zero attached hydrogens (tertiary/aromatic N) is 1. The topological polar surface area (TPSA) is 3.24 Å². The zero-order valence-corrected chi connectivity index (χ0v) is 46.8. The summed E-state index contributed by atoms with van der Waals surface area (Å²) in [6.07, 6.45) is 1.73. The Morgan fingerprint density at radius 1 is 0.447 bits per heavy atom. The molecule has 1 heterocycles. The Morgan fingerprint density at radius 2 is 0.684 bits per heavy atom. The smallest absolute Gasteiger partial charge is 1.00 e. The Bertz CT molecular complexity index is 2680. The molecule has 412 valence electrons. The fourth-order valence-electron chi connectivity index (χ4n) is 12.9. The summed E-state index contributed by atoms with van der Waals surface area (Å²) in [6, 6.07) is 7.06. The van der Waals surface area contributed by atoms with Crippen LogP contribution in [0.25, 0.3) is 0 Å². The minimum Gasteiger partial charge on any atom is 1.00 e. The van der Waals surface area contributed by atoms with Crippen LogP contribution in [0.1, 0.15) is 103 Å². The zero-order chi connectivity index (χ0) is 56.2. The van der Waals surface area contributed by atoms with Crippen LogP contribution in [0.2, 0.25) is 0 Å². The van der Waals surface area contributed by atoms with Crippen molar-refractivity contribution in [3.8, 4) is 0 Å². The van der Waals surface area contributed by atoms with Gasteiger partial charge in [0.05, 0.1) is 0 Å². The number of anilines is 1. The first kappa shape index (κ1) is 62.4. The number of rotatable bonds is 7. The Morgan fingerprint density at radius 3 is 0.921 bits per heavy atom. The van der Waals surface area contributed by atoms with E-state index < -0.39 is 144 Å². The summed E-state index contributed by atoms with van der Waals surface area (Å²) in [5.41, 5.74) is -9.03. The molecule has 76 heavy (non-hydrogen) atoms. The van der Waals surface area contributed by atoms with Crippen LogP contribution in [0, 0.1) is 152 Å². The quantitative estimate of drug-likeness (QED) is 0.0516. The van der Waals surface area contributed by atoms with Gasteiger partial charge in [0.1, 0.15) is 52.7 Å². The zero-order valence-electron chi connectivity index (χ0n) is 40.8. The van der Waals surface area contributed by atoms with E-state index in [1.807, 2.05) is 0 Å². The molecule has 0 aromatic heterocycles. The molecule has 0 atom stereocenters. The third-order valence-corrected chi connectivity index (χ3v) is 15.7. The molecule has 1 nitrogen and oxygen atoms in total. The van der Waals surface area contributed by atoms with Gasteiger partial charge in [0.2, 0.25) is 0 Å². The van der Waals surface area contributed by atoms with E-state index in [9.17, 15) is 52.7 Å². The minimum absolute atomic E-state index is 0. The van der Waals surface area contributed by atoms with Crippen molar-refractivity contribution in [3.63, 3.8) is 0 Å². The van der Waals surface area contributed by atoms with Crippen LogP contribution in [0.15, 0.2) is 18.2 Å². The molecule has 4 aliphatic carbocycles. The largest absolute Gasteiger partial charge is 1.00 e. The van der Waals surface area contributed by atoms with Gasteiger partial charge in [-0.05, 0) is 80.8 Å². The molecule has 5 aromatic rings. The summed E-state index contributed by atoms with van der Waals surface area (Å²) in [6.45, 7) is 17.3. The van der Waals surface area contributed by atoms with E-state index in [1.165, 1.54) is 43.2 Å². The molecule has 25 heteroatoms. The third-order valence-electron chi connectivity index (χ3n) is 15.7. The van der Waals surface area contributed by atoms with Crippen LogP contribution < -0.4 is 78.1 Å². The molecule has 1 aliphatic heterocycles. The van der Waals surface area contributed by atoms with Gasteiger partial charge in [0, 0.05) is 11.2 Å². The van der Waals surface area contributed by atoms with Crippen LogP contribution in [-0.4, -0.2) is 11.7 Å². The summed E-state index contributed by atoms with van der Waals surface area (Å²) in [7, 11) is 4.58. The van der Waals surface area contributed by atoms with E-state index in [-0.39, 0.29) is 56.9 Å². The second-order valence-corrected chi connectivity index (χ2v) is 20.8. The molecular weight excluding hydrogens is 1290 g/mol. The Balaban J connectivity index is 0.000000258. The molecule has 0 N–H and O–H groups in total. The summed E-state index contributed by atoms with van der Waals surface area (Å²) in [4.78, 5) is 2.78. The van der Waals surface area contributed by atoms with E-state index in [0.717, 1.165) is 23.7 Å². The fourth-order valence-corrected chi connectivity index (χ4v) is 12.9. The van der Waals surface area contributed by atoms with Gasteiger partial charge >= 0.3 is 80.6 Å². The second-order valence-electron chi connectivity index (χ2n) is 20.8. The van der Waals surface area contributed by atoms with E-state index in [0.29, 0.717) is 17.3 Å². The minimum atomic E-state index is -7.22. The summed E-state index contributed by atoms with van der Waals surface area (Å²) < 4.78 is 294. The molecule has 5 aromatic carbocycles. The first-order chi connectivity index (χ1) is 34.9. The van der Waals surface area contributed by atoms with Crippen molar-refractivity contribution in [1.82, 2.24) is 0 Å². The monoisotopic (exact) mass is 1330 g/mol. The SMILES string of the molecule is CC(C)c1cccc(C(C)C)c1N1[CH-]C2(CC1(C)C)C1CC3CC(C1)CC2C3.Fc1c(F)c(F)c([B-](c2c(F)c(F)c(F)c(F)c2F)(c2c(F)c(F)c(F)c(F)c2F)c2c(F)c(F)c(F)c(F)c2F)c(F)c1F.[Cl][Au].[K+]. The van der Waals surface area contributed by atoms with Gasteiger partial charge in [0.25, 0.3) is 0 Å². The van der Waals surface area contributed by atoms with Crippen molar-refractivity contribution in [1.29, 1.82) is 0 Å². The third kappa shape index (κ3) is 9.51. The first-order valence-electron chi connectivity index (χ1n) is 23.0. The molecule has 1 saturated heterocycles. The number of hydrogen-bond donors (Lipinski definition) is 0. The molecule has 10 rings (SSSR count). The second kappa shape index (κ2) is 22.6. The average Bonchev–Trinajstić information content (AvgIpc) is 3.66. The van der Waals surface area contributed by atoms with Gasteiger partial charge in [-0.1, -0.05) is 64.2 Å².